The molecule has 0 aromatic carbocycles. The van der Waals surface area contributed by atoms with Crippen LogP contribution in [0.5, 0.6) is 0 Å². The van der Waals surface area contributed by atoms with E-state index in [9.17, 15) is 8.42 Å². The average molecular weight is 354 g/mol. The van der Waals surface area contributed by atoms with Crippen LogP contribution in [0.3, 0.4) is 0 Å². The van der Waals surface area contributed by atoms with Crippen molar-refractivity contribution in [1.82, 2.24) is 4.72 Å². The molecule has 1 heterocycles. The van der Waals surface area contributed by atoms with Gasteiger partial charge in [-0.1, -0.05) is 35.2 Å². The van der Waals surface area contributed by atoms with Crippen molar-refractivity contribution in [2.75, 3.05) is 25.1 Å². The standard InChI is InChI=1S/C13H24BrNO3S/c14-10-13(6-2-1-3-7-13)11-15-19(16,17)12-4-8-18-9-5-12/h12,15H,1-11H2. The molecule has 0 atom stereocenters. The predicted octanol–water partition coefficient (Wildman–Crippen LogP) is 2.43. The summed E-state index contributed by atoms with van der Waals surface area (Å²) in [4.78, 5) is 0. The molecule has 2 fully saturated rings. The van der Waals surface area contributed by atoms with Gasteiger partial charge >= 0.3 is 0 Å². The zero-order valence-electron chi connectivity index (χ0n) is 11.4. The molecule has 0 aromatic rings. The Bertz CT molecular complexity index is 373. The minimum absolute atomic E-state index is 0.122. The molecular formula is C13H24BrNO3S. The summed E-state index contributed by atoms with van der Waals surface area (Å²) in [7, 11) is -3.18. The van der Waals surface area contributed by atoms with E-state index in [1.165, 1.54) is 19.3 Å². The second kappa shape index (κ2) is 6.87. The van der Waals surface area contributed by atoms with E-state index in [0.29, 0.717) is 32.6 Å². The largest absolute Gasteiger partial charge is 0.381 e. The number of hydrogen-bond donors (Lipinski definition) is 1. The van der Waals surface area contributed by atoms with Gasteiger partial charge in [0.25, 0.3) is 0 Å². The Morgan fingerprint density at radius 3 is 2.37 bits per heavy atom. The Kier molecular flexibility index (Phi) is 5.69. The van der Waals surface area contributed by atoms with Gasteiger partial charge in [0.15, 0.2) is 0 Å². The number of halogens is 1. The Labute approximate surface area is 124 Å². The first kappa shape index (κ1) is 15.7. The van der Waals surface area contributed by atoms with Crippen LogP contribution in [0, 0.1) is 5.41 Å². The van der Waals surface area contributed by atoms with E-state index in [0.717, 1.165) is 18.2 Å². The topological polar surface area (TPSA) is 55.4 Å². The second-order valence-corrected chi connectivity index (χ2v) is 8.48. The fraction of sp³-hybridized carbons (Fsp3) is 1.00. The maximum Gasteiger partial charge on any atom is 0.214 e. The summed E-state index contributed by atoms with van der Waals surface area (Å²) in [5.41, 5.74) is 0.122. The van der Waals surface area contributed by atoms with Crippen molar-refractivity contribution in [1.29, 1.82) is 0 Å². The van der Waals surface area contributed by atoms with Gasteiger partial charge in [-0.2, -0.15) is 0 Å². The zero-order chi connectivity index (χ0) is 13.8. The first-order valence-electron chi connectivity index (χ1n) is 7.20. The van der Waals surface area contributed by atoms with Gasteiger partial charge in [0.1, 0.15) is 0 Å². The van der Waals surface area contributed by atoms with Crippen molar-refractivity contribution in [2.24, 2.45) is 5.41 Å². The van der Waals surface area contributed by atoms with E-state index in [-0.39, 0.29) is 10.7 Å². The van der Waals surface area contributed by atoms with Gasteiger partial charge in [0, 0.05) is 25.1 Å². The van der Waals surface area contributed by atoms with E-state index < -0.39 is 10.0 Å². The van der Waals surface area contributed by atoms with Crippen LogP contribution >= 0.6 is 15.9 Å². The quantitative estimate of drug-likeness (QED) is 0.772. The summed E-state index contributed by atoms with van der Waals surface area (Å²) < 4.78 is 32.7. The maximum atomic E-state index is 12.3. The molecule has 4 nitrogen and oxygen atoms in total. The Hall–Kier alpha value is 0.350. The molecule has 1 N–H and O–H groups in total. The molecule has 0 unspecified atom stereocenters. The average Bonchev–Trinajstić information content (AvgIpc) is 2.47. The lowest BCUT2D eigenvalue weighted by Gasteiger charge is -2.36. The first-order valence-corrected chi connectivity index (χ1v) is 9.87. The van der Waals surface area contributed by atoms with Gasteiger partial charge in [-0.05, 0) is 31.1 Å². The van der Waals surface area contributed by atoms with Gasteiger partial charge in [-0.25, -0.2) is 13.1 Å². The van der Waals surface area contributed by atoms with Crippen LogP contribution in [0.1, 0.15) is 44.9 Å². The maximum absolute atomic E-state index is 12.3. The normalized spacial score (nSPS) is 25.3. The number of alkyl halides is 1. The van der Waals surface area contributed by atoms with Crippen LogP contribution in [0.4, 0.5) is 0 Å². The van der Waals surface area contributed by atoms with Crippen molar-refractivity contribution in [3.05, 3.63) is 0 Å². The highest BCUT2D eigenvalue weighted by Crippen LogP contribution is 2.37. The number of nitrogens with one attached hydrogen (secondary N) is 1. The molecule has 112 valence electrons. The summed E-state index contributed by atoms with van der Waals surface area (Å²) in [6, 6.07) is 0. The van der Waals surface area contributed by atoms with Crippen LogP contribution in [0.25, 0.3) is 0 Å². The lowest BCUT2D eigenvalue weighted by molar-refractivity contribution is 0.0980. The van der Waals surface area contributed by atoms with Crippen LogP contribution in [-0.4, -0.2) is 38.8 Å². The third-order valence-corrected chi connectivity index (χ3v) is 7.54. The molecule has 0 amide bonds. The fourth-order valence-corrected chi connectivity index (χ4v) is 5.33. The summed E-state index contributed by atoms with van der Waals surface area (Å²) in [5.74, 6) is 0. The van der Waals surface area contributed by atoms with Crippen molar-refractivity contribution < 1.29 is 13.2 Å². The first-order chi connectivity index (χ1) is 9.08. The zero-order valence-corrected chi connectivity index (χ0v) is 13.8. The molecule has 1 saturated heterocycles. The molecule has 0 aromatic heterocycles. The number of hydrogen-bond acceptors (Lipinski definition) is 3. The molecule has 2 rings (SSSR count). The van der Waals surface area contributed by atoms with Gasteiger partial charge in [0.2, 0.25) is 10.0 Å². The second-order valence-electron chi connectivity index (χ2n) is 5.87. The number of ether oxygens (including phenoxy) is 1. The van der Waals surface area contributed by atoms with Crippen LogP contribution in [0.15, 0.2) is 0 Å². The van der Waals surface area contributed by atoms with Crippen molar-refractivity contribution >= 4 is 26.0 Å². The highest BCUT2D eigenvalue weighted by molar-refractivity contribution is 9.09. The fourth-order valence-electron chi connectivity index (χ4n) is 3.02. The Morgan fingerprint density at radius 2 is 1.79 bits per heavy atom. The molecule has 0 spiro atoms. The number of sulfonamides is 1. The lowest BCUT2D eigenvalue weighted by Crippen LogP contribution is -2.44. The number of rotatable bonds is 5. The molecule has 6 heteroatoms. The van der Waals surface area contributed by atoms with E-state index in [4.69, 9.17) is 4.74 Å². The van der Waals surface area contributed by atoms with Crippen LogP contribution in [0.2, 0.25) is 0 Å². The predicted molar refractivity (Wildman–Crippen MR) is 80.1 cm³/mol. The van der Waals surface area contributed by atoms with Gasteiger partial charge in [0.05, 0.1) is 5.25 Å². The SMILES string of the molecule is O=S(=O)(NCC1(CBr)CCCCC1)C1CCOCC1. The molecule has 1 aliphatic carbocycles. The molecule has 2 aliphatic rings. The Morgan fingerprint density at radius 1 is 1.16 bits per heavy atom. The lowest BCUT2D eigenvalue weighted by atomic mass is 9.76. The minimum atomic E-state index is -3.18. The molecule has 0 bridgehead atoms. The summed E-state index contributed by atoms with van der Waals surface area (Å²) in [6.07, 6.45) is 7.19. The summed E-state index contributed by atoms with van der Waals surface area (Å²) >= 11 is 3.58. The smallest absolute Gasteiger partial charge is 0.214 e. The monoisotopic (exact) mass is 353 g/mol. The van der Waals surface area contributed by atoms with E-state index in [2.05, 4.69) is 20.7 Å². The third-order valence-electron chi connectivity index (χ3n) is 4.45. The van der Waals surface area contributed by atoms with E-state index in [1.54, 1.807) is 0 Å². The summed E-state index contributed by atoms with van der Waals surface area (Å²) in [6.45, 7) is 1.71. The molecule has 0 radical (unpaired) electrons. The summed E-state index contributed by atoms with van der Waals surface area (Å²) in [5, 5.41) is 0.619. The van der Waals surface area contributed by atoms with Crippen molar-refractivity contribution in [2.45, 2.75) is 50.2 Å². The highest BCUT2D eigenvalue weighted by Gasteiger charge is 2.34. The van der Waals surface area contributed by atoms with Crippen LogP contribution in [-0.2, 0) is 14.8 Å². The highest BCUT2D eigenvalue weighted by atomic mass is 79.9. The molecule has 1 saturated carbocycles. The van der Waals surface area contributed by atoms with Crippen LogP contribution < -0.4 is 4.72 Å². The van der Waals surface area contributed by atoms with Gasteiger partial charge < -0.3 is 4.74 Å². The third kappa shape index (κ3) is 4.16. The van der Waals surface area contributed by atoms with Gasteiger partial charge in [-0.3, -0.25) is 0 Å². The van der Waals surface area contributed by atoms with Crippen molar-refractivity contribution in [3.63, 3.8) is 0 Å². The van der Waals surface area contributed by atoms with E-state index in [1.807, 2.05) is 0 Å². The van der Waals surface area contributed by atoms with Crippen molar-refractivity contribution in [3.8, 4) is 0 Å². The Balaban J connectivity index is 1.92. The minimum Gasteiger partial charge on any atom is -0.381 e. The van der Waals surface area contributed by atoms with Gasteiger partial charge in [-0.15, -0.1) is 0 Å². The molecule has 1 aliphatic heterocycles. The molecule has 19 heavy (non-hydrogen) atoms. The van der Waals surface area contributed by atoms with E-state index >= 15 is 0 Å². The molecular weight excluding hydrogens is 330 g/mol.